The Labute approximate surface area is 208 Å². The molecule has 33 heavy (non-hydrogen) atoms. The van der Waals surface area contributed by atoms with Crippen LogP contribution in [0.15, 0.2) is 41.3 Å². The normalized spacial score (nSPS) is 17.5. The fourth-order valence-electron chi connectivity index (χ4n) is 4.85. The number of benzene rings is 2. The number of fused-ring (bicyclic) bond motifs is 1. The number of phenolic OH excluding ortho intramolecular Hbond substituents is 1. The molecular formula is C25H41NO3SSi3. The van der Waals surface area contributed by atoms with E-state index in [-0.39, 0.29) is 5.37 Å². The predicted octanol–water partition coefficient (Wildman–Crippen LogP) is 7.87. The smallest absolute Gasteiger partial charge is 0.314 e. The van der Waals surface area contributed by atoms with Gasteiger partial charge in [-0.2, -0.15) is 0 Å². The van der Waals surface area contributed by atoms with Gasteiger partial charge in [0.1, 0.15) is 11.1 Å². The number of hydrogen-bond donors (Lipinski definition) is 2. The molecule has 1 aliphatic rings. The Kier molecular flexibility index (Phi) is 7.98. The molecule has 1 heterocycles. The van der Waals surface area contributed by atoms with Crippen LogP contribution in [0.3, 0.4) is 0 Å². The maximum absolute atomic E-state index is 11.3. The molecule has 2 aromatic carbocycles. The van der Waals surface area contributed by atoms with Crippen molar-refractivity contribution >= 4 is 42.6 Å². The largest absolute Gasteiger partial charge is 0.507 e. The van der Waals surface area contributed by atoms with Gasteiger partial charge in [-0.3, -0.25) is 0 Å². The van der Waals surface area contributed by atoms with E-state index in [0.29, 0.717) is 11.7 Å². The Morgan fingerprint density at radius 1 is 1.00 bits per heavy atom. The molecule has 2 atom stereocenters. The zero-order valence-corrected chi connectivity index (χ0v) is 25.5. The van der Waals surface area contributed by atoms with Gasteiger partial charge >= 0.3 is 8.56 Å². The molecule has 0 amide bonds. The highest BCUT2D eigenvalue weighted by Gasteiger charge is 2.41. The van der Waals surface area contributed by atoms with Crippen molar-refractivity contribution in [1.82, 2.24) is 0 Å². The molecule has 2 N–H and O–H groups in total. The first-order chi connectivity index (χ1) is 15.1. The van der Waals surface area contributed by atoms with Gasteiger partial charge in [0, 0.05) is 16.1 Å². The van der Waals surface area contributed by atoms with E-state index >= 15 is 0 Å². The van der Waals surface area contributed by atoms with Crippen molar-refractivity contribution in [2.24, 2.45) is 5.92 Å². The molecule has 2 unspecified atom stereocenters. The molecule has 4 nitrogen and oxygen atoms in total. The SMILES string of the molecule is Cc1cc(CC(C)C[Si](C)(O[Si](C)(C)C)O[Si](C)(C)C)c(O)c(C2Nc3ccccc3S2)c1. The molecule has 3 rings (SSSR count). The van der Waals surface area contributed by atoms with E-state index in [0.717, 1.165) is 29.3 Å². The summed E-state index contributed by atoms with van der Waals surface area (Å²) >= 11 is 1.77. The minimum absolute atomic E-state index is 0.0291. The Bertz CT molecular complexity index is 947. The van der Waals surface area contributed by atoms with Gasteiger partial charge in [0.25, 0.3) is 0 Å². The van der Waals surface area contributed by atoms with Crippen molar-refractivity contribution in [3.8, 4) is 5.75 Å². The lowest BCUT2D eigenvalue weighted by atomic mass is 9.97. The van der Waals surface area contributed by atoms with E-state index in [1.54, 1.807) is 11.8 Å². The highest BCUT2D eigenvalue weighted by molar-refractivity contribution is 8.00. The van der Waals surface area contributed by atoms with Crippen LogP contribution in [-0.2, 0) is 14.7 Å². The van der Waals surface area contributed by atoms with Crippen LogP contribution in [0.2, 0.25) is 51.9 Å². The van der Waals surface area contributed by atoms with Gasteiger partial charge < -0.3 is 18.7 Å². The first-order valence-electron chi connectivity index (χ1n) is 11.9. The van der Waals surface area contributed by atoms with Gasteiger partial charge in [-0.1, -0.05) is 42.4 Å². The van der Waals surface area contributed by atoms with E-state index in [2.05, 4.69) is 95.3 Å². The molecular weight excluding hydrogens is 479 g/mol. The van der Waals surface area contributed by atoms with Crippen LogP contribution >= 0.6 is 11.8 Å². The second kappa shape index (κ2) is 9.91. The summed E-state index contributed by atoms with van der Waals surface area (Å²) in [6, 6.07) is 13.5. The summed E-state index contributed by atoms with van der Waals surface area (Å²) in [7, 11) is -5.79. The summed E-state index contributed by atoms with van der Waals surface area (Å²) in [5, 5.41) is 14.9. The van der Waals surface area contributed by atoms with Crippen molar-refractivity contribution in [2.75, 3.05) is 5.32 Å². The van der Waals surface area contributed by atoms with Gasteiger partial charge in [0.05, 0.1) is 0 Å². The summed E-state index contributed by atoms with van der Waals surface area (Å²) in [4.78, 5) is 1.23. The Hall–Kier alpha value is -1.04. The molecule has 0 saturated heterocycles. The zero-order valence-electron chi connectivity index (χ0n) is 21.7. The van der Waals surface area contributed by atoms with E-state index < -0.39 is 25.2 Å². The third-order valence-corrected chi connectivity index (χ3v) is 16.4. The van der Waals surface area contributed by atoms with Crippen LogP contribution < -0.4 is 5.32 Å². The lowest BCUT2D eigenvalue weighted by molar-refractivity contribution is 0.368. The highest BCUT2D eigenvalue weighted by Crippen LogP contribution is 2.49. The lowest BCUT2D eigenvalue weighted by Crippen LogP contribution is -2.53. The van der Waals surface area contributed by atoms with Crippen molar-refractivity contribution in [3.05, 3.63) is 53.1 Å². The number of aromatic hydroxyl groups is 1. The molecule has 0 radical (unpaired) electrons. The van der Waals surface area contributed by atoms with Crippen LogP contribution in [-0.4, -0.2) is 30.3 Å². The fourth-order valence-corrected chi connectivity index (χ4v) is 19.0. The first kappa shape index (κ1) is 26.6. The summed E-state index contributed by atoms with van der Waals surface area (Å²) < 4.78 is 13.4. The van der Waals surface area contributed by atoms with Crippen LogP contribution in [0.4, 0.5) is 5.69 Å². The van der Waals surface area contributed by atoms with E-state index in [1.165, 1.54) is 10.5 Å². The molecule has 0 aliphatic carbocycles. The molecule has 2 aromatic rings. The Balaban J connectivity index is 1.80. The molecule has 0 saturated carbocycles. The number of anilines is 1. The fraction of sp³-hybridized carbons (Fsp3) is 0.520. The van der Waals surface area contributed by atoms with E-state index in [4.69, 9.17) is 8.23 Å². The van der Waals surface area contributed by atoms with Crippen LogP contribution in [0.25, 0.3) is 0 Å². The van der Waals surface area contributed by atoms with Crippen molar-refractivity contribution < 1.29 is 13.3 Å². The summed E-state index contributed by atoms with van der Waals surface area (Å²) in [5.41, 5.74) is 4.31. The zero-order chi connectivity index (χ0) is 24.6. The van der Waals surface area contributed by atoms with Gasteiger partial charge in [0.15, 0.2) is 16.6 Å². The number of para-hydroxylation sites is 1. The molecule has 0 fully saturated rings. The van der Waals surface area contributed by atoms with Crippen LogP contribution in [0, 0.1) is 12.8 Å². The average Bonchev–Trinajstić information content (AvgIpc) is 3.04. The third-order valence-electron chi connectivity index (χ3n) is 5.40. The molecule has 1 aliphatic heterocycles. The van der Waals surface area contributed by atoms with Crippen molar-refractivity contribution in [1.29, 1.82) is 0 Å². The van der Waals surface area contributed by atoms with Gasteiger partial charge in [-0.25, -0.2) is 0 Å². The highest BCUT2D eigenvalue weighted by atomic mass is 32.2. The second-order valence-electron chi connectivity index (χ2n) is 11.6. The Morgan fingerprint density at radius 2 is 1.61 bits per heavy atom. The van der Waals surface area contributed by atoms with E-state index in [1.807, 2.05) is 6.07 Å². The second-order valence-corrected chi connectivity index (χ2v) is 25.5. The quantitative estimate of drug-likeness (QED) is 0.330. The number of phenols is 1. The standard InChI is InChI=1S/C25H41NO3SSi3/c1-18-14-20(15-19(2)17-33(9,28-31(3,4)5)29-32(6,7)8)24(27)21(16-18)25-26-22-12-10-11-13-23(22)30-25/h10-14,16,19,25-27H,15,17H2,1-9H3. The molecule has 0 bridgehead atoms. The predicted molar refractivity (Wildman–Crippen MR) is 150 cm³/mol. The molecule has 8 heteroatoms. The first-order valence-corrected chi connectivity index (χ1v) is 22.1. The number of aryl methyl sites for hydroxylation is 1. The monoisotopic (exact) mass is 519 g/mol. The number of nitrogens with one attached hydrogen (secondary N) is 1. The number of thioether (sulfide) groups is 1. The minimum atomic E-state index is -2.33. The van der Waals surface area contributed by atoms with Crippen LogP contribution in [0.5, 0.6) is 5.75 Å². The molecule has 182 valence electrons. The number of rotatable bonds is 9. The average molecular weight is 520 g/mol. The lowest BCUT2D eigenvalue weighted by Gasteiger charge is -2.39. The maximum atomic E-state index is 11.3. The minimum Gasteiger partial charge on any atom is -0.507 e. The summed E-state index contributed by atoms with van der Waals surface area (Å²) in [6.07, 6.45) is 0.817. The molecule has 0 spiro atoms. The van der Waals surface area contributed by atoms with Crippen molar-refractivity contribution in [3.63, 3.8) is 0 Å². The Morgan fingerprint density at radius 3 is 2.18 bits per heavy atom. The topological polar surface area (TPSA) is 50.7 Å². The van der Waals surface area contributed by atoms with Crippen molar-refractivity contribution in [2.45, 2.75) is 82.4 Å². The summed E-state index contributed by atoms with van der Waals surface area (Å²) in [6.45, 7) is 20.1. The molecule has 0 aromatic heterocycles. The number of hydrogen-bond acceptors (Lipinski definition) is 5. The third kappa shape index (κ3) is 7.47. The van der Waals surface area contributed by atoms with E-state index in [9.17, 15) is 5.11 Å². The van der Waals surface area contributed by atoms with Crippen LogP contribution in [0.1, 0.15) is 29.0 Å². The van der Waals surface area contributed by atoms with Gasteiger partial charge in [0.2, 0.25) is 0 Å². The van der Waals surface area contributed by atoms with Gasteiger partial charge in [-0.05, 0) is 94.9 Å². The maximum Gasteiger partial charge on any atom is 0.314 e. The van der Waals surface area contributed by atoms with Gasteiger partial charge in [-0.15, -0.1) is 0 Å². The summed E-state index contributed by atoms with van der Waals surface area (Å²) in [5.74, 6) is 0.780.